The lowest BCUT2D eigenvalue weighted by atomic mass is 10.1. The van der Waals surface area contributed by atoms with Crippen LogP contribution in [-0.4, -0.2) is 11.0 Å². The predicted octanol–water partition coefficient (Wildman–Crippen LogP) is 3.60. The molecular formula is C15H15BrFN3O. The Morgan fingerprint density at radius 3 is 2.81 bits per heavy atom. The van der Waals surface area contributed by atoms with E-state index in [0.29, 0.717) is 22.3 Å². The van der Waals surface area contributed by atoms with E-state index in [9.17, 15) is 4.39 Å². The molecule has 0 spiro atoms. The van der Waals surface area contributed by atoms with Gasteiger partial charge in [-0.05, 0) is 46.1 Å². The summed E-state index contributed by atoms with van der Waals surface area (Å²) in [6, 6.07) is 10.5. The molecule has 0 bridgehead atoms. The van der Waals surface area contributed by atoms with Gasteiger partial charge in [-0.1, -0.05) is 29.4 Å². The summed E-state index contributed by atoms with van der Waals surface area (Å²) in [4.78, 5) is 0. The molecule has 110 valence electrons. The Bertz CT molecular complexity index is 689. The second-order valence-electron chi connectivity index (χ2n) is 4.58. The van der Waals surface area contributed by atoms with Gasteiger partial charge in [0, 0.05) is 17.8 Å². The van der Waals surface area contributed by atoms with E-state index in [0.717, 1.165) is 11.1 Å². The van der Waals surface area contributed by atoms with Gasteiger partial charge in [0.1, 0.15) is 5.82 Å². The number of nitrogens with zero attached hydrogens (tertiary/aromatic N) is 1. The molecule has 0 aromatic heterocycles. The number of hydrogen-bond donors (Lipinski definition) is 3. The summed E-state index contributed by atoms with van der Waals surface area (Å²) in [6.07, 6.45) is 0. The van der Waals surface area contributed by atoms with E-state index < -0.39 is 0 Å². The Morgan fingerprint density at radius 2 is 2.10 bits per heavy atom. The van der Waals surface area contributed by atoms with Gasteiger partial charge in [-0.3, -0.25) is 0 Å². The van der Waals surface area contributed by atoms with Crippen molar-refractivity contribution in [3.05, 3.63) is 63.4 Å². The van der Waals surface area contributed by atoms with Crippen LogP contribution in [0.4, 0.5) is 10.1 Å². The topological polar surface area (TPSA) is 70.6 Å². The highest BCUT2D eigenvalue weighted by Gasteiger charge is 2.08. The quantitative estimate of drug-likeness (QED) is 0.341. The van der Waals surface area contributed by atoms with E-state index >= 15 is 0 Å². The smallest absolute Gasteiger partial charge is 0.170 e. The monoisotopic (exact) mass is 351 g/mol. The third kappa shape index (κ3) is 3.52. The van der Waals surface area contributed by atoms with Crippen LogP contribution in [0.2, 0.25) is 0 Å². The van der Waals surface area contributed by atoms with Gasteiger partial charge >= 0.3 is 0 Å². The van der Waals surface area contributed by atoms with Gasteiger partial charge < -0.3 is 16.3 Å². The molecule has 0 radical (unpaired) electrons. The van der Waals surface area contributed by atoms with E-state index in [1.165, 1.54) is 6.07 Å². The van der Waals surface area contributed by atoms with Crippen molar-refractivity contribution in [2.45, 2.75) is 13.5 Å². The average Bonchev–Trinajstić information content (AvgIpc) is 2.49. The Balaban J connectivity index is 2.23. The van der Waals surface area contributed by atoms with Gasteiger partial charge in [0.05, 0.1) is 4.47 Å². The Morgan fingerprint density at radius 1 is 1.38 bits per heavy atom. The van der Waals surface area contributed by atoms with Crippen LogP contribution in [0.15, 0.2) is 46.0 Å². The molecule has 21 heavy (non-hydrogen) atoms. The zero-order chi connectivity index (χ0) is 15.4. The summed E-state index contributed by atoms with van der Waals surface area (Å²) in [7, 11) is 0. The Labute approximate surface area is 130 Å². The molecule has 0 saturated heterocycles. The summed E-state index contributed by atoms with van der Waals surface area (Å²) < 4.78 is 14.0. The maximum absolute atomic E-state index is 13.6. The number of anilines is 1. The number of nitrogens with one attached hydrogen (secondary N) is 1. The summed E-state index contributed by atoms with van der Waals surface area (Å²) in [5.41, 5.74) is 8.76. The first-order valence-electron chi connectivity index (χ1n) is 6.28. The first kappa shape index (κ1) is 15.3. The van der Waals surface area contributed by atoms with Gasteiger partial charge in [0.15, 0.2) is 5.84 Å². The number of oxime groups is 1. The fourth-order valence-corrected chi connectivity index (χ4v) is 2.46. The minimum absolute atomic E-state index is 0.0473. The van der Waals surface area contributed by atoms with Crippen molar-refractivity contribution < 1.29 is 9.60 Å². The minimum atomic E-state index is -0.326. The van der Waals surface area contributed by atoms with Crippen LogP contribution in [0.25, 0.3) is 0 Å². The van der Waals surface area contributed by atoms with E-state index in [2.05, 4.69) is 26.4 Å². The average molecular weight is 352 g/mol. The highest BCUT2D eigenvalue weighted by atomic mass is 79.9. The SMILES string of the molecule is Cc1cc(Br)c(F)cc1NCc1ccccc1/C(N)=N/O. The predicted molar refractivity (Wildman–Crippen MR) is 85.1 cm³/mol. The lowest BCUT2D eigenvalue weighted by Crippen LogP contribution is -2.17. The zero-order valence-corrected chi connectivity index (χ0v) is 13.0. The molecule has 2 rings (SSSR count). The van der Waals surface area contributed by atoms with Crippen molar-refractivity contribution in [1.29, 1.82) is 0 Å². The van der Waals surface area contributed by atoms with Crippen molar-refractivity contribution in [2.24, 2.45) is 10.9 Å². The van der Waals surface area contributed by atoms with Gasteiger partial charge in [-0.2, -0.15) is 0 Å². The van der Waals surface area contributed by atoms with E-state index in [-0.39, 0.29) is 11.7 Å². The van der Waals surface area contributed by atoms with Crippen LogP contribution in [0.1, 0.15) is 16.7 Å². The van der Waals surface area contributed by atoms with E-state index in [1.807, 2.05) is 19.1 Å². The van der Waals surface area contributed by atoms with Crippen LogP contribution in [0, 0.1) is 12.7 Å². The van der Waals surface area contributed by atoms with Crippen molar-refractivity contribution in [3.8, 4) is 0 Å². The summed E-state index contributed by atoms with van der Waals surface area (Å²) >= 11 is 3.15. The molecule has 6 heteroatoms. The fraction of sp³-hybridized carbons (Fsp3) is 0.133. The second-order valence-corrected chi connectivity index (χ2v) is 5.43. The third-order valence-electron chi connectivity index (χ3n) is 3.14. The molecule has 0 aliphatic heterocycles. The zero-order valence-electron chi connectivity index (χ0n) is 11.4. The standard InChI is InChI=1S/C15H15BrFN3O/c1-9-6-12(16)13(17)7-14(9)19-8-10-4-2-3-5-11(10)15(18)20-21/h2-7,19,21H,8H2,1H3,(H2,18,20). The van der Waals surface area contributed by atoms with Crippen LogP contribution in [0.5, 0.6) is 0 Å². The van der Waals surface area contributed by atoms with Gasteiger partial charge in [0.25, 0.3) is 0 Å². The van der Waals surface area contributed by atoms with Crippen LogP contribution in [-0.2, 0) is 6.54 Å². The number of benzene rings is 2. The Hall–Kier alpha value is -2.08. The van der Waals surface area contributed by atoms with E-state index in [1.54, 1.807) is 18.2 Å². The molecule has 0 aliphatic carbocycles. The lowest BCUT2D eigenvalue weighted by Gasteiger charge is -2.13. The number of halogens is 2. The molecule has 0 amide bonds. The van der Waals surface area contributed by atoms with Crippen molar-refractivity contribution >= 4 is 27.5 Å². The summed E-state index contributed by atoms with van der Waals surface area (Å²) in [6.45, 7) is 2.33. The molecule has 0 aliphatic rings. The molecule has 0 heterocycles. The second kappa shape index (κ2) is 6.58. The van der Waals surface area contributed by atoms with Gasteiger partial charge in [-0.15, -0.1) is 0 Å². The number of rotatable bonds is 4. The minimum Gasteiger partial charge on any atom is -0.409 e. The lowest BCUT2D eigenvalue weighted by molar-refractivity contribution is 0.318. The molecular weight excluding hydrogens is 337 g/mol. The summed E-state index contributed by atoms with van der Waals surface area (Å²) in [5.74, 6) is -0.279. The van der Waals surface area contributed by atoms with Crippen molar-refractivity contribution in [1.82, 2.24) is 0 Å². The maximum Gasteiger partial charge on any atom is 0.170 e. The molecule has 4 nitrogen and oxygen atoms in total. The highest BCUT2D eigenvalue weighted by molar-refractivity contribution is 9.10. The highest BCUT2D eigenvalue weighted by Crippen LogP contribution is 2.24. The fourth-order valence-electron chi connectivity index (χ4n) is 2.01. The number of nitrogens with two attached hydrogens (primary N) is 1. The number of aryl methyl sites for hydroxylation is 1. The molecule has 2 aromatic rings. The molecule has 2 aromatic carbocycles. The number of amidine groups is 1. The molecule has 0 saturated carbocycles. The molecule has 0 fully saturated rings. The number of hydrogen-bond acceptors (Lipinski definition) is 3. The van der Waals surface area contributed by atoms with Crippen LogP contribution in [0.3, 0.4) is 0 Å². The van der Waals surface area contributed by atoms with Crippen LogP contribution >= 0.6 is 15.9 Å². The first-order valence-corrected chi connectivity index (χ1v) is 7.07. The third-order valence-corrected chi connectivity index (χ3v) is 3.75. The van der Waals surface area contributed by atoms with Gasteiger partial charge in [-0.25, -0.2) is 4.39 Å². The van der Waals surface area contributed by atoms with E-state index in [4.69, 9.17) is 10.9 Å². The summed E-state index contributed by atoms with van der Waals surface area (Å²) in [5, 5.41) is 15.0. The van der Waals surface area contributed by atoms with Crippen molar-refractivity contribution in [3.63, 3.8) is 0 Å². The first-order chi connectivity index (χ1) is 10.0. The largest absolute Gasteiger partial charge is 0.409 e. The van der Waals surface area contributed by atoms with Gasteiger partial charge in [0.2, 0.25) is 0 Å². The molecule has 0 atom stereocenters. The Kier molecular flexibility index (Phi) is 4.80. The van der Waals surface area contributed by atoms with Crippen LogP contribution < -0.4 is 11.1 Å². The maximum atomic E-state index is 13.6. The molecule has 0 unspecified atom stereocenters. The molecule has 4 N–H and O–H groups in total. The normalized spacial score (nSPS) is 11.5. The van der Waals surface area contributed by atoms with Crippen molar-refractivity contribution in [2.75, 3.05) is 5.32 Å².